The fourth-order valence-corrected chi connectivity index (χ4v) is 1.68. The van der Waals surface area contributed by atoms with Gasteiger partial charge in [-0.2, -0.15) is 0 Å². The van der Waals surface area contributed by atoms with Crippen LogP contribution in [0.4, 0.5) is 0 Å². The second kappa shape index (κ2) is 6.42. The highest BCUT2D eigenvalue weighted by Gasteiger charge is 2.12. The quantitative estimate of drug-likeness (QED) is 0.837. The predicted octanol–water partition coefficient (Wildman–Crippen LogP) is 2.60. The largest absolute Gasteiger partial charge is 0.480 e. The van der Waals surface area contributed by atoms with E-state index in [9.17, 15) is 9.59 Å². The molecule has 0 aliphatic carbocycles. The summed E-state index contributed by atoms with van der Waals surface area (Å²) in [6.45, 7) is 1.37. The smallest absolute Gasteiger partial charge is 0.325 e. The Balaban J connectivity index is 2.75. The van der Waals surface area contributed by atoms with Crippen LogP contribution in [0.2, 0.25) is 10.0 Å². The Morgan fingerprint density at radius 3 is 2.39 bits per heavy atom. The summed E-state index contributed by atoms with van der Waals surface area (Å²) >= 11 is 11.8. The highest BCUT2D eigenvalue weighted by Crippen LogP contribution is 2.25. The van der Waals surface area contributed by atoms with Gasteiger partial charge in [-0.25, -0.2) is 0 Å². The van der Waals surface area contributed by atoms with Crippen LogP contribution in [0.25, 0.3) is 6.08 Å². The van der Waals surface area contributed by atoms with E-state index < -0.39 is 17.9 Å². The lowest BCUT2D eigenvalue weighted by Gasteiger charge is -2.06. The van der Waals surface area contributed by atoms with Crippen molar-refractivity contribution in [2.45, 2.75) is 13.0 Å². The first-order valence-corrected chi connectivity index (χ1v) is 5.83. The van der Waals surface area contributed by atoms with Crippen molar-refractivity contribution in [3.8, 4) is 0 Å². The predicted molar refractivity (Wildman–Crippen MR) is 70.7 cm³/mol. The van der Waals surface area contributed by atoms with Crippen LogP contribution in [0.5, 0.6) is 0 Å². The number of benzene rings is 1. The van der Waals surface area contributed by atoms with Crippen molar-refractivity contribution in [2.75, 3.05) is 0 Å². The van der Waals surface area contributed by atoms with Crippen LogP contribution in [0.3, 0.4) is 0 Å². The fourth-order valence-electron chi connectivity index (χ4n) is 1.15. The van der Waals surface area contributed by atoms with Crippen molar-refractivity contribution < 1.29 is 14.7 Å². The topological polar surface area (TPSA) is 66.4 Å². The number of carboxylic acid groups (broad SMARTS) is 1. The third kappa shape index (κ3) is 4.05. The second-order valence-electron chi connectivity index (χ2n) is 3.54. The molecule has 0 fully saturated rings. The Hall–Kier alpha value is -1.52. The van der Waals surface area contributed by atoms with Crippen LogP contribution >= 0.6 is 23.2 Å². The molecule has 0 heterocycles. The highest BCUT2D eigenvalue weighted by molar-refractivity contribution is 6.37. The zero-order valence-electron chi connectivity index (χ0n) is 9.48. The molecule has 1 aromatic carbocycles. The minimum absolute atomic E-state index is 0.415. The normalized spacial score (nSPS) is 12.4. The summed E-state index contributed by atoms with van der Waals surface area (Å²) in [7, 11) is 0. The van der Waals surface area contributed by atoms with E-state index in [0.29, 0.717) is 15.6 Å². The molecular formula is C12H11Cl2NO3. The van der Waals surface area contributed by atoms with Crippen molar-refractivity contribution >= 4 is 41.2 Å². The average molecular weight is 288 g/mol. The summed E-state index contributed by atoms with van der Waals surface area (Å²) in [5.74, 6) is -1.63. The molecule has 2 N–H and O–H groups in total. The van der Waals surface area contributed by atoms with Crippen molar-refractivity contribution in [2.24, 2.45) is 0 Å². The number of carbonyl (C=O) groups is 2. The maximum absolute atomic E-state index is 11.4. The number of carbonyl (C=O) groups excluding carboxylic acids is 1. The van der Waals surface area contributed by atoms with Gasteiger partial charge >= 0.3 is 5.97 Å². The molecule has 1 atom stereocenters. The van der Waals surface area contributed by atoms with Crippen molar-refractivity contribution in [1.29, 1.82) is 0 Å². The summed E-state index contributed by atoms with van der Waals surface area (Å²) < 4.78 is 0. The van der Waals surface area contributed by atoms with Gasteiger partial charge in [0.2, 0.25) is 5.91 Å². The number of carboxylic acids is 1. The Bertz CT molecular complexity index is 480. The molecule has 0 saturated carbocycles. The molecule has 4 nitrogen and oxygen atoms in total. The minimum atomic E-state index is -1.10. The Kier molecular flexibility index (Phi) is 5.19. The van der Waals surface area contributed by atoms with Crippen LogP contribution in [0.15, 0.2) is 24.3 Å². The van der Waals surface area contributed by atoms with Gasteiger partial charge in [0, 0.05) is 21.7 Å². The van der Waals surface area contributed by atoms with E-state index in [-0.39, 0.29) is 0 Å². The molecule has 0 saturated heterocycles. The zero-order chi connectivity index (χ0) is 13.7. The fraction of sp³-hybridized carbons (Fsp3) is 0.167. The zero-order valence-corrected chi connectivity index (χ0v) is 11.0. The lowest BCUT2D eigenvalue weighted by atomic mass is 10.2. The number of amides is 1. The first kappa shape index (κ1) is 14.5. The summed E-state index contributed by atoms with van der Waals surface area (Å²) in [6, 6.07) is 4.02. The highest BCUT2D eigenvalue weighted by atomic mass is 35.5. The third-order valence-corrected chi connectivity index (χ3v) is 2.79. The molecule has 0 spiro atoms. The molecular weight excluding hydrogens is 277 g/mol. The average Bonchev–Trinajstić information content (AvgIpc) is 2.28. The van der Waals surface area contributed by atoms with E-state index in [4.69, 9.17) is 28.3 Å². The van der Waals surface area contributed by atoms with E-state index in [1.165, 1.54) is 19.1 Å². The van der Waals surface area contributed by atoms with Gasteiger partial charge in [0.15, 0.2) is 0 Å². The molecule has 0 radical (unpaired) electrons. The molecule has 1 amide bonds. The van der Waals surface area contributed by atoms with Crippen LogP contribution in [-0.2, 0) is 9.59 Å². The number of aliphatic carboxylic acids is 1. The van der Waals surface area contributed by atoms with Gasteiger partial charge in [-0.15, -0.1) is 0 Å². The lowest BCUT2D eigenvalue weighted by molar-refractivity contribution is -0.140. The lowest BCUT2D eigenvalue weighted by Crippen LogP contribution is -2.37. The minimum Gasteiger partial charge on any atom is -0.480 e. The molecule has 1 aromatic rings. The van der Waals surface area contributed by atoms with Gasteiger partial charge < -0.3 is 10.4 Å². The molecule has 18 heavy (non-hydrogen) atoms. The van der Waals surface area contributed by atoms with Crippen molar-refractivity contribution in [3.05, 3.63) is 39.9 Å². The SMILES string of the molecule is C[C@@H](NC(=O)/C=C/c1c(Cl)cccc1Cl)C(=O)O. The van der Waals surface area contributed by atoms with Crippen LogP contribution < -0.4 is 5.32 Å². The van der Waals surface area contributed by atoms with Gasteiger partial charge in [0.05, 0.1) is 0 Å². The van der Waals surface area contributed by atoms with E-state index in [2.05, 4.69) is 5.32 Å². The van der Waals surface area contributed by atoms with Crippen molar-refractivity contribution in [1.82, 2.24) is 5.32 Å². The summed E-state index contributed by atoms with van der Waals surface area (Å²) in [4.78, 5) is 21.9. The molecule has 1 rings (SSSR count). The standard InChI is InChI=1S/C12H11Cl2NO3/c1-7(12(17)18)15-11(16)6-5-8-9(13)3-2-4-10(8)14/h2-7H,1H3,(H,15,16)(H,17,18)/b6-5+/t7-/m1/s1. The molecule has 0 bridgehead atoms. The van der Waals surface area contributed by atoms with E-state index in [1.54, 1.807) is 18.2 Å². The first-order chi connectivity index (χ1) is 8.41. The first-order valence-electron chi connectivity index (χ1n) is 5.07. The number of nitrogens with one attached hydrogen (secondary N) is 1. The Morgan fingerprint density at radius 2 is 1.89 bits per heavy atom. The van der Waals surface area contributed by atoms with E-state index >= 15 is 0 Å². The number of rotatable bonds is 4. The van der Waals surface area contributed by atoms with Gasteiger partial charge in [0.1, 0.15) is 6.04 Å². The molecule has 6 heteroatoms. The van der Waals surface area contributed by atoms with Gasteiger partial charge in [0.25, 0.3) is 0 Å². The summed E-state index contributed by atoms with van der Waals surface area (Å²) in [5, 5.41) is 11.7. The van der Waals surface area contributed by atoms with E-state index in [0.717, 1.165) is 0 Å². The van der Waals surface area contributed by atoms with Gasteiger partial charge in [-0.05, 0) is 25.1 Å². The van der Waals surface area contributed by atoms with Gasteiger partial charge in [-0.1, -0.05) is 29.3 Å². The van der Waals surface area contributed by atoms with Crippen LogP contribution in [0.1, 0.15) is 12.5 Å². The van der Waals surface area contributed by atoms with Crippen molar-refractivity contribution in [3.63, 3.8) is 0 Å². The number of halogens is 2. The van der Waals surface area contributed by atoms with Crippen LogP contribution in [0, 0.1) is 0 Å². The Morgan fingerprint density at radius 1 is 1.33 bits per heavy atom. The molecule has 96 valence electrons. The summed E-state index contributed by atoms with van der Waals surface area (Å²) in [5.41, 5.74) is 0.513. The molecule has 0 aliphatic rings. The second-order valence-corrected chi connectivity index (χ2v) is 4.35. The molecule has 0 unspecified atom stereocenters. The number of hydrogen-bond donors (Lipinski definition) is 2. The summed E-state index contributed by atoms with van der Waals surface area (Å²) in [6.07, 6.45) is 2.63. The Labute approximate surface area is 114 Å². The monoisotopic (exact) mass is 287 g/mol. The van der Waals surface area contributed by atoms with Gasteiger partial charge in [-0.3, -0.25) is 9.59 Å². The van der Waals surface area contributed by atoms with Crippen LogP contribution in [-0.4, -0.2) is 23.0 Å². The number of hydrogen-bond acceptors (Lipinski definition) is 2. The molecule has 0 aromatic heterocycles. The maximum Gasteiger partial charge on any atom is 0.325 e. The maximum atomic E-state index is 11.4. The van der Waals surface area contributed by atoms with E-state index in [1.807, 2.05) is 0 Å². The third-order valence-electron chi connectivity index (χ3n) is 2.13. The molecule has 0 aliphatic heterocycles.